The van der Waals surface area contributed by atoms with Gasteiger partial charge in [0, 0.05) is 18.2 Å². The highest BCUT2D eigenvalue weighted by Crippen LogP contribution is 2.08. The number of benzene rings is 1. The Morgan fingerprint density at radius 2 is 1.59 bits per heavy atom. The van der Waals surface area contributed by atoms with E-state index < -0.39 is 17.7 Å². The summed E-state index contributed by atoms with van der Waals surface area (Å²) in [5.74, 6) is -0.263. The van der Waals surface area contributed by atoms with Gasteiger partial charge >= 0.3 is 6.09 Å². The molecular formula is C22H35N3O4. The first-order chi connectivity index (χ1) is 13.4. The lowest BCUT2D eigenvalue weighted by atomic mass is 10.0. The molecule has 0 aliphatic rings. The van der Waals surface area contributed by atoms with Gasteiger partial charge in [-0.15, -0.1) is 0 Å². The molecule has 0 saturated carbocycles. The summed E-state index contributed by atoms with van der Waals surface area (Å²) in [7, 11) is 0. The minimum atomic E-state index is -0.950. The first kappa shape index (κ1) is 24.5. The van der Waals surface area contributed by atoms with Crippen LogP contribution in [0.4, 0.5) is 4.79 Å². The molecule has 1 aromatic rings. The zero-order valence-electron chi connectivity index (χ0n) is 18.6. The van der Waals surface area contributed by atoms with Gasteiger partial charge < -0.3 is 20.7 Å². The fourth-order valence-electron chi connectivity index (χ4n) is 2.77. The predicted molar refractivity (Wildman–Crippen MR) is 114 cm³/mol. The highest BCUT2D eigenvalue weighted by Gasteiger charge is 2.26. The van der Waals surface area contributed by atoms with Gasteiger partial charge in [0.1, 0.15) is 11.6 Å². The van der Waals surface area contributed by atoms with Crippen LogP contribution in [-0.2, 0) is 9.53 Å². The highest BCUT2D eigenvalue weighted by atomic mass is 16.6. The van der Waals surface area contributed by atoms with Crippen LogP contribution in [-0.4, -0.2) is 42.1 Å². The van der Waals surface area contributed by atoms with Crippen LogP contribution in [0.3, 0.4) is 0 Å². The molecule has 1 rings (SSSR count). The zero-order chi connectivity index (χ0) is 22.2. The summed E-state index contributed by atoms with van der Waals surface area (Å²) in [6.45, 7) is 13.2. The third-order valence-corrected chi connectivity index (χ3v) is 4.00. The van der Waals surface area contributed by atoms with Gasteiger partial charge in [0.25, 0.3) is 5.91 Å². The molecule has 29 heavy (non-hydrogen) atoms. The van der Waals surface area contributed by atoms with E-state index in [0.29, 0.717) is 11.5 Å². The number of carbonyl (C=O) groups excluding carboxylic acids is 3. The number of rotatable bonds is 8. The van der Waals surface area contributed by atoms with E-state index in [0.717, 1.165) is 12.0 Å². The SMILES string of the molecule is Cc1ccc(C(=O)NC[C@H](NC(=O)OC(C)(C)C)C(=O)N[C@H](C)CC(C)C)cc1. The van der Waals surface area contributed by atoms with Crippen molar-refractivity contribution in [2.24, 2.45) is 5.92 Å². The molecule has 0 spiro atoms. The first-order valence-corrected chi connectivity index (χ1v) is 10.0. The summed E-state index contributed by atoms with van der Waals surface area (Å²) in [4.78, 5) is 37.2. The van der Waals surface area contributed by atoms with E-state index in [9.17, 15) is 14.4 Å². The number of nitrogens with one attached hydrogen (secondary N) is 3. The smallest absolute Gasteiger partial charge is 0.408 e. The average Bonchev–Trinajstić information content (AvgIpc) is 2.56. The first-order valence-electron chi connectivity index (χ1n) is 10.0. The summed E-state index contributed by atoms with van der Waals surface area (Å²) in [6, 6.07) is 6.10. The Kier molecular flexibility index (Phi) is 9.14. The molecule has 0 saturated heterocycles. The molecule has 0 unspecified atom stereocenters. The highest BCUT2D eigenvalue weighted by molar-refractivity contribution is 5.95. The molecule has 0 aliphatic heterocycles. The van der Waals surface area contributed by atoms with Crippen LogP contribution in [0, 0.1) is 12.8 Å². The second-order valence-electron chi connectivity index (χ2n) is 8.81. The molecule has 162 valence electrons. The number of aryl methyl sites for hydroxylation is 1. The molecule has 1 aromatic carbocycles. The van der Waals surface area contributed by atoms with E-state index in [4.69, 9.17) is 4.74 Å². The van der Waals surface area contributed by atoms with E-state index >= 15 is 0 Å². The van der Waals surface area contributed by atoms with Crippen molar-refractivity contribution in [1.29, 1.82) is 0 Å². The molecular weight excluding hydrogens is 370 g/mol. The van der Waals surface area contributed by atoms with Crippen LogP contribution in [0.2, 0.25) is 0 Å². The molecule has 3 amide bonds. The van der Waals surface area contributed by atoms with Crippen molar-refractivity contribution in [3.63, 3.8) is 0 Å². The van der Waals surface area contributed by atoms with E-state index in [1.54, 1.807) is 32.9 Å². The molecule has 0 heterocycles. The Morgan fingerprint density at radius 1 is 1.00 bits per heavy atom. The van der Waals surface area contributed by atoms with Crippen LogP contribution in [0.15, 0.2) is 24.3 Å². The Morgan fingerprint density at radius 3 is 2.10 bits per heavy atom. The summed E-state index contributed by atoms with van der Waals surface area (Å²) >= 11 is 0. The quantitative estimate of drug-likeness (QED) is 0.619. The van der Waals surface area contributed by atoms with Crippen molar-refractivity contribution in [1.82, 2.24) is 16.0 Å². The van der Waals surface area contributed by atoms with Gasteiger partial charge in [-0.3, -0.25) is 9.59 Å². The van der Waals surface area contributed by atoms with Crippen molar-refractivity contribution in [3.8, 4) is 0 Å². The van der Waals surface area contributed by atoms with Gasteiger partial charge in [-0.2, -0.15) is 0 Å². The van der Waals surface area contributed by atoms with Gasteiger partial charge in [-0.25, -0.2) is 4.79 Å². The molecule has 3 N–H and O–H groups in total. The second kappa shape index (κ2) is 10.8. The van der Waals surface area contributed by atoms with Crippen LogP contribution in [0.25, 0.3) is 0 Å². The zero-order valence-corrected chi connectivity index (χ0v) is 18.6. The van der Waals surface area contributed by atoms with Gasteiger partial charge in [0.2, 0.25) is 5.91 Å². The fourth-order valence-corrected chi connectivity index (χ4v) is 2.77. The minimum absolute atomic E-state index is 0.0494. The van der Waals surface area contributed by atoms with Crippen LogP contribution in [0.1, 0.15) is 63.9 Å². The maximum atomic E-state index is 12.7. The van der Waals surface area contributed by atoms with E-state index in [1.165, 1.54) is 0 Å². The van der Waals surface area contributed by atoms with Crippen LogP contribution >= 0.6 is 0 Å². The number of carbonyl (C=O) groups is 3. The maximum absolute atomic E-state index is 12.7. The van der Waals surface area contributed by atoms with Gasteiger partial charge in [0.05, 0.1) is 0 Å². The molecule has 0 aromatic heterocycles. The number of ether oxygens (including phenoxy) is 1. The summed E-state index contributed by atoms with van der Waals surface area (Å²) in [6.07, 6.45) is 0.0967. The predicted octanol–water partition coefficient (Wildman–Crippen LogP) is 3.17. The third kappa shape index (κ3) is 9.96. The van der Waals surface area contributed by atoms with Crippen molar-refractivity contribution < 1.29 is 19.1 Å². The fraction of sp³-hybridized carbons (Fsp3) is 0.591. The van der Waals surface area contributed by atoms with Crippen molar-refractivity contribution in [3.05, 3.63) is 35.4 Å². The van der Waals surface area contributed by atoms with Crippen molar-refractivity contribution in [2.75, 3.05) is 6.54 Å². The van der Waals surface area contributed by atoms with Crippen LogP contribution < -0.4 is 16.0 Å². The van der Waals surface area contributed by atoms with Gasteiger partial charge in [-0.05, 0) is 59.1 Å². The third-order valence-electron chi connectivity index (χ3n) is 4.00. The van der Waals surface area contributed by atoms with E-state index in [-0.39, 0.29) is 24.4 Å². The van der Waals surface area contributed by atoms with Gasteiger partial charge in [0.15, 0.2) is 0 Å². The lowest BCUT2D eigenvalue weighted by Crippen LogP contribution is -2.55. The largest absolute Gasteiger partial charge is 0.444 e. The van der Waals surface area contributed by atoms with Gasteiger partial charge in [-0.1, -0.05) is 31.5 Å². The van der Waals surface area contributed by atoms with Crippen molar-refractivity contribution in [2.45, 2.75) is 72.6 Å². The minimum Gasteiger partial charge on any atom is -0.444 e. The topological polar surface area (TPSA) is 96.5 Å². The standard InChI is InChI=1S/C22H35N3O4/c1-14(2)12-16(4)24-20(27)18(25-21(28)29-22(5,6)7)13-23-19(26)17-10-8-15(3)9-11-17/h8-11,14,16,18H,12-13H2,1-7H3,(H,23,26)(H,24,27)(H,25,28)/t16-,18+/m1/s1. The number of amides is 3. The normalized spacial score (nSPS) is 13.4. The number of alkyl carbamates (subject to hydrolysis) is 1. The Bertz CT molecular complexity index is 693. The Labute approximate surface area is 174 Å². The maximum Gasteiger partial charge on any atom is 0.408 e. The molecule has 0 bridgehead atoms. The second-order valence-corrected chi connectivity index (χ2v) is 8.81. The monoisotopic (exact) mass is 405 g/mol. The summed E-state index contributed by atoms with van der Waals surface area (Å²) in [5.41, 5.74) is 0.839. The van der Waals surface area contributed by atoms with Crippen molar-refractivity contribution >= 4 is 17.9 Å². The number of hydrogen-bond acceptors (Lipinski definition) is 4. The van der Waals surface area contributed by atoms with Crippen LogP contribution in [0.5, 0.6) is 0 Å². The van der Waals surface area contributed by atoms with E-state index in [2.05, 4.69) is 29.8 Å². The summed E-state index contributed by atoms with van der Waals surface area (Å²) in [5, 5.41) is 8.16. The Hall–Kier alpha value is -2.57. The molecule has 2 atom stereocenters. The number of hydrogen-bond donors (Lipinski definition) is 3. The summed E-state index contributed by atoms with van der Waals surface area (Å²) < 4.78 is 5.25. The van der Waals surface area contributed by atoms with E-state index in [1.807, 2.05) is 26.0 Å². The molecule has 7 heteroatoms. The lowest BCUT2D eigenvalue weighted by Gasteiger charge is -2.25. The Balaban J connectivity index is 2.80. The molecule has 7 nitrogen and oxygen atoms in total. The molecule has 0 radical (unpaired) electrons. The average molecular weight is 406 g/mol. The lowest BCUT2D eigenvalue weighted by molar-refractivity contribution is -0.123. The molecule has 0 aliphatic carbocycles. The molecule has 0 fully saturated rings.